The van der Waals surface area contributed by atoms with Gasteiger partial charge in [-0.15, -0.1) is 0 Å². The van der Waals surface area contributed by atoms with Crippen molar-refractivity contribution in [1.29, 1.82) is 0 Å². The monoisotopic (exact) mass is 445 g/mol. The van der Waals surface area contributed by atoms with Crippen molar-refractivity contribution in [3.8, 4) is 11.5 Å². The number of amides is 1. The number of oxazole rings is 1. The Morgan fingerprint density at radius 3 is 2.27 bits per heavy atom. The molecule has 1 aliphatic heterocycles. The smallest absolute Gasteiger partial charge is 0.236 e. The van der Waals surface area contributed by atoms with Gasteiger partial charge in [-0.25, -0.2) is 8.42 Å². The van der Waals surface area contributed by atoms with E-state index < -0.39 is 9.84 Å². The zero-order valence-corrected chi connectivity index (χ0v) is 17.9. The van der Waals surface area contributed by atoms with E-state index in [1.165, 1.54) is 19.1 Å². The number of piperazine rings is 1. The molecule has 0 aliphatic carbocycles. The Balaban J connectivity index is 1.80. The highest BCUT2D eigenvalue weighted by Crippen LogP contribution is 2.37. The molecule has 1 aliphatic rings. The summed E-state index contributed by atoms with van der Waals surface area (Å²) in [5.41, 5.74) is 0.511. The highest BCUT2D eigenvalue weighted by Gasteiger charge is 2.33. The summed E-state index contributed by atoms with van der Waals surface area (Å²) < 4.78 is 32.7. The molecule has 9 heteroatoms. The Morgan fingerprint density at radius 2 is 1.63 bits per heavy atom. The van der Waals surface area contributed by atoms with Crippen molar-refractivity contribution in [2.24, 2.45) is 0 Å². The molecule has 0 spiro atoms. The summed E-state index contributed by atoms with van der Waals surface area (Å²) in [6.45, 7) is 3.34. The Kier molecular flexibility index (Phi) is 5.53. The van der Waals surface area contributed by atoms with Gasteiger partial charge >= 0.3 is 0 Å². The minimum absolute atomic E-state index is 0.0129. The largest absolute Gasteiger partial charge is 0.419 e. The number of aromatic nitrogens is 1. The molecule has 2 heterocycles. The summed E-state index contributed by atoms with van der Waals surface area (Å²) >= 11 is 6.28. The first-order valence-corrected chi connectivity index (χ1v) is 11.3. The van der Waals surface area contributed by atoms with Gasteiger partial charge in [0.25, 0.3) is 0 Å². The molecule has 0 N–H and O–H groups in total. The van der Waals surface area contributed by atoms with Crippen LogP contribution < -0.4 is 4.90 Å². The summed E-state index contributed by atoms with van der Waals surface area (Å²) in [6, 6.07) is 15.1. The van der Waals surface area contributed by atoms with Gasteiger partial charge in [0.1, 0.15) is 0 Å². The normalized spacial score (nSPS) is 14.7. The number of hydrogen-bond acceptors (Lipinski definition) is 6. The van der Waals surface area contributed by atoms with E-state index in [9.17, 15) is 13.2 Å². The molecule has 1 fully saturated rings. The second-order valence-corrected chi connectivity index (χ2v) is 9.19. The first kappa shape index (κ1) is 20.4. The van der Waals surface area contributed by atoms with Crippen LogP contribution in [0.3, 0.4) is 0 Å². The lowest BCUT2D eigenvalue weighted by Gasteiger charge is -2.34. The lowest BCUT2D eigenvalue weighted by atomic mass is 10.2. The fraction of sp³-hybridized carbons (Fsp3) is 0.238. The average molecular weight is 446 g/mol. The molecule has 0 bridgehead atoms. The number of benzene rings is 2. The number of sulfone groups is 1. The van der Waals surface area contributed by atoms with Gasteiger partial charge in [0.05, 0.1) is 15.5 Å². The van der Waals surface area contributed by atoms with Crippen molar-refractivity contribution >= 4 is 33.2 Å². The maximum atomic E-state index is 13.4. The second-order valence-electron chi connectivity index (χ2n) is 6.92. The molecule has 0 radical (unpaired) electrons. The predicted octanol–water partition coefficient (Wildman–Crippen LogP) is 3.50. The predicted molar refractivity (Wildman–Crippen MR) is 113 cm³/mol. The van der Waals surface area contributed by atoms with Crippen LogP contribution >= 0.6 is 11.6 Å². The third kappa shape index (κ3) is 3.80. The number of rotatable bonds is 4. The van der Waals surface area contributed by atoms with Crippen molar-refractivity contribution in [2.75, 3.05) is 31.1 Å². The molecule has 2 aromatic carbocycles. The summed E-state index contributed by atoms with van der Waals surface area (Å²) in [5, 5.41) is 0.259. The molecule has 7 nitrogen and oxygen atoms in total. The third-order valence-corrected chi connectivity index (χ3v) is 7.00. The number of anilines is 1. The fourth-order valence-electron chi connectivity index (χ4n) is 3.36. The van der Waals surface area contributed by atoms with Crippen LogP contribution in [0.1, 0.15) is 6.92 Å². The van der Waals surface area contributed by atoms with Crippen molar-refractivity contribution in [2.45, 2.75) is 16.8 Å². The standard InChI is InChI=1S/C21H20ClN3O4S/c1-15(26)24-11-13-25(14-12-24)21-20(30(27,28)16-7-3-2-4-8-16)23-19(29-21)17-9-5-6-10-18(17)22/h2-10H,11-14H2,1H3. The molecule has 0 unspecified atom stereocenters. The Hall–Kier alpha value is -2.84. The van der Waals surface area contributed by atoms with Crippen molar-refractivity contribution in [3.63, 3.8) is 0 Å². The minimum atomic E-state index is -3.92. The van der Waals surface area contributed by atoms with Crippen LogP contribution in [0.2, 0.25) is 5.02 Å². The van der Waals surface area contributed by atoms with Crippen LogP contribution in [0.15, 0.2) is 68.9 Å². The van der Waals surface area contributed by atoms with Crippen molar-refractivity contribution < 1.29 is 17.6 Å². The van der Waals surface area contributed by atoms with Gasteiger partial charge in [0, 0.05) is 33.1 Å². The maximum Gasteiger partial charge on any atom is 0.236 e. The molecule has 0 saturated carbocycles. The quantitative estimate of drug-likeness (QED) is 0.611. The van der Waals surface area contributed by atoms with E-state index in [1.807, 2.05) is 4.90 Å². The van der Waals surface area contributed by atoms with Gasteiger partial charge in [-0.3, -0.25) is 4.79 Å². The van der Waals surface area contributed by atoms with Crippen LogP contribution in [-0.4, -0.2) is 50.4 Å². The molecule has 1 aromatic heterocycles. The molecule has 4 rings (SSSR count). The van der Waals surface area contributed by atoms with E-state index >= 15 is 0 Å². The number of hydrogen-bond donors (Lipinski definition) is 0. The van der Waals surface area contributed by atoms with Crippen LogP contribution in [-0.2, 0) is 14.6 Å². The van der Waals surface area contributed by atoms with Crippen molar-refractivity contribution in [1.82, 2.24) is 9.88 Å². The zero-order chi connectivity index (χ0) is 21.3. The van der Waals surface area contributed by atoms with Gasteiger partial charge in [0.2, 0.25) is 32.5 Å². The summed E-state index contributed by atoms with van der Waals surface area (Å²) in [6.07, 6.45) is 0. The molecule has 3 aromatic rings. The molecule has 30 heavy (non-hydrogen) atoms. The number of carbonyl (C=O) groups is 1. The zero-order valence-electron chi connectivity index (χ0n) is 16.3. The molecular formula is C21H20ClN3O4S. The van der Waals surface area contributed by atoms with Gasteiger partial charge in [-0.1, -0.05) is 41.9 Å². The Bertz CT molecular complexity index is 1170. The number of carbonyl (C=O) groups excluding carboxylic acids is 1. The second kappa shape index (κ2) is 8.12. The fourth-order valence-corrected chi connectivity index (χ4v) is 4.92. The lowest BCUT2D eigenvalue weighted by Crippen LogP contribution is -2.48. The molecule has 1 amide bonds. The van der Waals surface area contributed by atoms with E-state index in [1.54, 1.807) is 47.4 Å². The van der Waals surface area contributed by atoms with Gasteiger partial charge < -0.3 is 14.2 Å². The number of halogens is 1. The SMILES string of the molecule is CC(=O)N1CCN(c2oc(-c3ccccc3Cl)nc2S(=O)(=O)c2ccccc2)CC1. The molecule has 1 saturated heterocycles. The molecule has 156 valence electrons. The summed E-state index contributed by atoms with van der Waals surface area (Å²) in [4.78, 5) is 19.7. The van der Waals surface area contributed by atoms with E-state index in [-0.39, 0.29) is 27.6 Å². The van der Waals surface area contributed by atoms with Crippen LogP contribution in [0.4, 0.5) is 5.88 Å². The minimum Gasteiger partial charge on any atom is -0.419 e. The van der Waals surface area contributed by atoms with E-state index in [0.29, 0.717) is 36.8 Å². The van der Waals surface area contributed by atoms with Crippen LogP contribution in [0.25, 0.3) is 11.5 Å². The maximum absolute atomic E-state index is 13.4. The van der Waals surface area contributed by atoms with Crippen LogP contribution in [0, 0.1) is 0 Å². The van der Waals surface area contributed by atoms with Gasteiger partial charge in [-0.2, -0.15) is 4.98 Å². The van der Waals surface area contributed by atoms with E-state index in [2.05, 4.69) is 4.98 Å². The van der Waals surface area contributed by atoms with Crippen LogP contribution in [0.5, 0.6) is 0 Å². The molecular weight excluding hydrogens is 426 g/mol. The summed E-state index contributed by atoms with van der Waals surface area (Å²) in [5.74, 6) is 0.289. The average Bonchev–Trinajstić information content (AvgIpc) is 3.21. The molecule has 0 atom stereocenters. The van der Waals surface area contributed by atoms with Crippen molar-refractivity contribution in [3.05, 3.63) is 59.6 Å². The Morgan fingerprint density at radius 1 is 1.00 bits per heavy atom. The topological polar surface area (TPSA) is 83.7 Å². The Labute approximate surface area is 179 Å². The first-order chi connectivity index (χ1) is 14.4. The van der Waals surface area contributed by atoms with E-state index in [0.717, 1.165) is 0 Å². The summed E-state index contributed by atoms with van der Waals surface area (Å²) in [7, 11) is -3.92. The third-order valence-electron chi connectivity index (χ3n) is 5.00. The highest BCUT2D eigenvalue weighted by molar-refractivity contribution is 7.91. The van der Waals surface area contributed by atoms with E-state index in [4.69, 9.17) is 16.0 Å². The first-order valence-electron chi connectivity index (χ1n) is 9.44. The highest BCUT2D eigenvalue weighted by atomic mass is 35.5. The van der Waals surface area contributed by atoms with Gasteiger partial charge in [-0.05, 0) is 24.3 Å². The number of nitrogens with zero attached hydrogens (tertiary/aromatic N) is 3. The lowest BCUT2D eigenvalue weighted by molar-refractivity contribution is -0.129. The van der Waals surface area contributed by atoms with Gasteiger partial charge in [0.15, 0.2) is 0 Å².